The van der Waals surface area contributed by atoms with Crippen LogP contribution in [0.3, 0.4) is 0 Å². The second kappa shape index (κ2) is 7.69. The van der Waals surface area contributed by atoms with Gasteiger partial charge in [-0.2, -0.15) is 0 Å². The van der Waals surface area contributed by atoms with E-state index >= 15 is 0 Å². The Hall–Kier alpha value is -0.470. The van der Waals surface area contributed by atoms with Crippen molar-refractivity contribution in [2.75, 3.05) is 13.1 Å². The third-order valence-corrected chi connectivity index (χ3v) is 6.52. The third-order valence-electron chi connectivity index (χ3n) is 5.18. The lowest BCUT2D eigenvalue weighted by molar-refractivity contribution is 0.303. The van der Waals surface area contributed by atoms with Crippen molar-refractivity contribution in [2.24, 2.45) is 11.8 Å². The van der Waals surface area contributed by atoms with Crippen LogP contribution in [0.5, 0.6) is 0 Å². The molecule has 1 fully saturated rings. The minimum Gasteiger partial charge on any atom is -0.316 e. The maximum absolute atomic E-state index is 3.70. The molecule has 2 aliphatic rings. The Labute approximate surface area is 134 Å². The summed E-state index contributed by atoms with van der Waals surface area (Å²) in [6.07, 6.45) is 9.82. The van der Waals surface area contributed by atoms with Crippen LogP contribution in [0.15, 0.2) is 29.2 Å². The molecule has 0 spiro atoms. The molecule has 1 aliphatic carbocycles. The Morgan fingerprint density at radius 3 is 2.81 bits per heavy atom. The molecule has 2 unspecified atom stereocenters. The smallest absolute Gasteiger partial charge is 0.0138 e. The molecule has 0 amide bonds. The molecule has 21 heavy (non-hydrogen) atoms. The minimum atomic E-state index is 0.816. The summed E-state index contributed by atoms with van der Waals surface area (Å²) < 4.78 is 0. The summed E-state index contributed by atoms with van der Waals surface area (Å²) in [5.74, 6) is 1.88. The second-order valence-corrected chi connectivity index (χ2v) is 8.14. The number of hydrogen-bond acceptors (Lipinski definition) is 2. The van der Waals surface area contributed by atoms with Crippen LogP contribution >= 0.6 is 11.8 Å². The standard InChI is InChI=1S/C19H29NS/c1-2-11-20-14-17(15-7-3-4-8-15)13-18-12-16-9-5-6-10-19(16)21-18/h5-6,9-10,15,17-18,20H,2-4,7-8,11-14H2,1H3. The lowest BCUT2D eigenvalue weighted by atomic mass is 9.86. The van der Waals surface area contributed by atoms with Crippen LogP contribution in [0.25, 0.3) is 0 Å². The summed E-state index contributed by atoms with van der Waals surface area (Å²) in [7, 11) is 0. The van der Waals surface area contributed by atoms with Gasteiger partial charge in [-0.1, -0.05) is 50.8 Å². The van der Waals surface area contributed by atoms with Crippen molar-refractivity contribution in [1.82, 2.24) is 5.32 Å². The molecule has 1 saturated carbocycles. The number of thioether (sulfide) groups is 1. The highest BCUT2D eigenvalue weighted by molar-refractivity contribution is 8.00. The van der Waals surface area contributed by atoms with Crippen molar-refractivity contribution in [1.29, 1.82) is 0 Å². The highest BCUT2D eigenvalue weighted by Gasteiger charge is 2.30. The zero-order valence-electron chi connectivity index (χ0n) is 13.3. The molecular weight excluding hydrogens is 274 g/mol. The van der Waals surface area contributed by atoms with Gasteiger partial charge >= 0.3 is 0 Å². The highest BCUT2D eigenvalue weighted by atomic mass is 32.2. The van der Waals surface area contributed by atoms with Gasteiger partial charge in [0.2, 0.25) is 0 Å². The fourth-order valence-electron chi connectivity index (χ4n) is 4.06. The van der Waals surface area contributed by atoms with Crippen molar-refractivity contribution in [2.45, 2.75) is 62.0 Å². The summed E-state index contributed by atoms with van der Waals surface area (Å²) >= 11 is 2.13. The first-order chi connectivity index (χ1) is 10.4. The molecule has 0 aromatic heterocycles. The van der Waals surface area contributed by atoms with Crippen LogP contribution < -0.4 is 5.32 Å². The molecular formula is C19H29NS. The van der Waals surface area contributed by atoms with E-state index in [1.54, 1.807) is 5.56 Å². The molecule has 2 heteroatoms. The Morgan fingerprint density at radius 1 is 1.24 bits per heavy atom. The Balaban J connectivity index is 1.57. The summed E-state index contributed by atoms with van der Waals surface area (Å²) in [4.78, 5) is 1.54. The van der Waals surface area contributed by atoms with E-state index in [0.717, 1.165) is 17.1 Å². The molecule has 0 bridgehead atoms. The number of rotatable bonds is 7. The van der Waals surface area contributed by atoms with Gasteiger partial charge in [0, 0.05) is 10.1 Å². The van der Waals surface area contributed by atoms with Crippen molar-refractivity contribution in [3.8, 4) is 0 Å². The first-order valence-corrected chi connectivity index (χ1v) is 9.70. The molecule has 3 rings (SSSR count). The summed E-state index contributed by atoms with van der Waals surface area (Å²) in [5, 5.41) is 4.51. The van der Waals surface area contributed by atoms with Crippen molar-refractivity contribution < 1.29 is 0 Å². The summed E-state index contributed by atoms with van der Waals surface area (Å²) in [6, 6.07) is 9.01. The van der Waals surface area contributed by atoms with Crippen molar-refractivity contribution in [3.05, 3.63) is 29.8 Å². The predicted molar refractivity (Wildman–Crippen MR) is 93.0 cm³/mol. The van der Waals surface area contributed by atoms with Gasteiger partial charge in [-0.05, 0) is 55.8 Å². The van der Waals surface area contributed by atoms with E-state index in [4.69, 9.17) is 0 Å². The van der Waals surface area contributed by atoms with Gasteiger partial charge in [0.25, 0.3) is 0 Å². The van der Waals surface area contributed by atoms with Crippen molar-refractivity contribution >= 4 is 11.8 Å². The number of benzene rings is 1. The third kappa shape index (κ3) is 4.04. The zero-order chi connectivity index (χ0) is 14.5. The molecule has 1 aromatic carbocycles. The second-order valence-electron chi connectivity index (χ2n) is 6.80. The van der Waals surface area contributed by atoms with Gasteiger partial charge in [-0.25, -0.2) is 0 Å². The molecule has 0 radical (unpaired) electrons. The van der Waals surface area contributed by atoms with Crippen molar-refractivity contribution in [3.63, 3.8) is 0 Å². The van der Waals surface area contributed by atoms with Crippen LogP contribution in [0.2, 0.25) is 0 Å². The van der Waals surface area contributed by atoms with Gasteiger partial charge in [0.1, 0.15) is 0 Å². The molecule has 0 saturated heterocycles. The highest BCUT2D eigenvalue weighted by Crippen LogP contribution is 2.42. The number of nitrogens with one attached hydrogen (secondary N) is 1. The molecule has 116 valence electrons. The average Bonchev–Trinajstić information content (AvgIpc) is 3.15. The monoisotopic (exact) mass is 303 g/mol. The maximum atomic E-state index is 3.70. The maximum Gasteiger partial charge on any atom is 0.0138 e. The van der Waals surface area contributed by atoms with E-state index in [9.17, 15) is 0 Å². The lowest BCUT2D eigenvalue weighted by Gasteiger charge is -2.26. The van der Waals surface area contributed by atoms with E-state index in [2.05, 4.69) is 48.3 Å². The van der Waals surface area contributed by atoms with E-state index in [1.807, 2.05) is 0 Å². The van der Waals surface area contributed by atoms with Gasteiger partial charge in [-0.15, -0.1) is 11.8 Å². The topological polar surface area (TPSA) is 12.0 Å². The Kier molecular flexibility index (Phi) is 5.65. The van der Waals surface area contributed by atoms with Gasteiger partial charge in [-0.3, -0.25) is 0 Å². The molecule has 1 N–H and O–H groups in total. The first kappa shape index (κ1) is 15.4. The molecule has 1 aliphatic heterocycles. The quantitative estimate of drug-likeness (QED) is 0.719. The fraction of sp³-hybridized carbons (Fsp3) is 0.684. The van der Waals surface area contributed by atoms with Crippen LogP contribution in [0.1, 0.15) is 51.0 Å². The SMILES string of the molecule is CCCNCC(CC1Cc2ccccc2S1)C1CCCC1. The Morgan fingerprint density at radius 2 is 2.05 bits per heavy atom. The molecule has 1 heterocycles. The van der Waals surface area contributed by atoms with E-state index < -0.39 is 0 Å². The normalized spacial score (nSPS) is 23.4. The predicted octanol–water partition coefficient (Wildman–Crippen LogP) is 4.90. The summed E-state index contributed by atoms with van der Waals surface area (Å²) in [6.45, 7) is 4.69. The zero-order valence-corrected chi connectivity index (χ0v) is 14.1. The van der Waals surface area contributed by atoms with Crippen LogP contribution in [0.4, 0.5) is 0 Å². The van der Waals surface area contributed by atoms with Gasteiger partial charge in [0.15, 0.2) is 0 Å². The van der Waals surface area contributed by atoms with Crippen LogP contribution in [0, 0.1) is 11.8 Å². The number of fused-ring (bicyclic) bond motifs is 1. The lowest BCUT2D eigenvalue weighted by Crippen LogP contribution is -2.30. The van der Waals surface area contributed by atoms with E-state index in [1.165, 1.54) is 62.9 Å². The summed E-state index contributed by atoms with van der Waals surface area (Å²) in [5.41, 5.74) is 1.58. The van der Waals surface area contributed by atoms with E-state index in [0.29, 0.717) is 0 Å². The molecule has 1 aromatic rings. The fourth-order valence-corrected chi connectivity index (χ4v) is 5.48. The van der Waals surface area contributed by atoms with Crippen LogP contribution in [-0.2, 0) is 6.42 Å². The largest absolute Gasteiger partial charge is 0.316 e. The minimum absolute atomic E-state index is 0.816. The number of hydrogen-bond donors (Lipinski definition) is 1. The first-order valence-electron chi connectivity index (χ1n) is 8.82. The van der Waals surface area contributed by atoms with Gasteiger partial charge in [0.05, 0.1) is 0 Å². The average molecular weight is 304 g/mol. The van der Waals surface area contributed by atoms with Gasteiger partial charge < -0.3 is 5.32 Å². The van der Waals surface area contributed by atoms with Crippen LogP contribution in [-0.4, -0.2) is 18.3 Å². The Bertz CT molecular complexity index is 414. The van der Waals surface area contributed by atoms with E-state index in [-0.39, 0.29) is 0 Å². The molecule has 2 atom stereocenters. The molecule has 1 nitrogen and oxygen atoms in total.